The second kappa shape index (κ2) is 11.7. The number of hydrogen-bond donors (Lipinski definition) is 3. The number of anilines is 1. The van der Waals surface area contributed by atoms with Crippen LogP contribution >= 0.6 is 0 Å². The van der Waals surface area contributed by atoms with E-state index in [4.69, 9.17) is 4.74 Å². The van der Waals surface area contributed by atoms with Crippen molar-refractivity contribution in [2.45, 2.75) is 33.5 Å². The number of ether oxygens (including phenoxy) is 2. The molecule has 0 bridgehead atoms. The third-order valence-corrected chi connectivity index (χ3v) is 5.32. The lowest BCUT2D eigenvalue weighted by molar-refractivity contribution is -0.152. The van der Waals surface area contributed by atoms with Gasteiger partial charge in [0.1, 0.15) is 17.2 Å². The Kier molecular flexibility index (Phi) is 8.61. The molecule has 3 rings (SSSR count). The number of nitrogens with one attached hydrogen (secondary N) is 2. The van der Waals surface area contributed by atoms with Crippen LogP contribution in [0.25, 0.3) is 0 Å². The zero-order valence-electron chi connectivity index (χ0n) is 20.7. The molecular weight excluding hydrogens is 505 g/mol. The highest BCUT2D eigenvalue weighted by Crippen LogP contribution is 2.34. The van der Waals surface area contributed by atoms with Crippen molar-refractivity contribution < 1.29 is 42.1 Å². The second-order valence-corrected chi connectivity index (χ2v) is 8.28. The highest BCUT2D eigenvalue weighted by molar-refractivity contribution is 6.37. The smallest absolute Gasteiger partial charge is 0.416 e. The molecule has 200 valence electrons. The summed E-state index contributed by atoms with van der Waals surface area (Å²) in [5.74, 6) is -2.36. The minimum Gasteiger partial charge on any atom is -0.507 e. The minimum atomic E-state index is -4.51. The van der Waals surface area contributed by atoms with Crippen molar-refractivity contribution in [3.8, 4) is 17.2 Å². The van der Waals surface area contributed by atoms with Crippen LogP contribution in [0.3, 0.4) is 0 Å². The van der Waals surface area contributed by atoms with E-state index in [1.54, 1.807) is 32.9 Å². The molecule has 2 amide bonds. The molecule has 0 aliphatic heterocycles. The Morgan fingerprint density at radius 1 is 0.974 bits per heavy atom. The Balaban J connectivity index is 1.74. The lowest BCUT2D eigenvalue weighted by atomic mass is 10.1. The Bertz CT molecular complexity index is 1350. The zero-order valence-corrected chi connectivity index (χ0v) is 20.7. The van der Waals surface area contributed by atoms with E-state index in [2.05, 4.69) is 15.4 Å². The van der Waals surface area contributed by atoms with Gasteiger partial charge in [0.25, 0.3) is 5.91 Å². The summed E-state index contributed by atoms with van der Waals surface area (Å²) in [6.45, 7) is 4.89. The van der Waals surface area contributed by atoms with Crippen LogP contribution in [0.4, 0.5) is 18.9 Å². The molecule has 0 saturated carbocycles. The van der Waals surface area contributed by atoms with Crippen molar-refractivity contribution >= 4 is 23.5 Å². The number of phenolic OH excluding ortho intramolecular Hbond substituents is 1. The molecule has 3 aromatic carbocycles. The van der Waals surface area contributed by atoms with Crippen molar-refractivity contribution in [1.29, 1.82) is 0 Å². The van der Waals surface area contributed by atoms with Gasteiger partial charge in [-0.15, -0.1) is 0 Å². The number of aromatic hydroxyl groups is 1. The molecule has 0 aliphatic rings. The predicted octanol–water partition coefficient (Wildman–Crippen LogP) is 5.25. The third kappa shape index (κ3) is 7.02. The molecule has 11 heteroatoms. The van der Waals surface area contributed by atoms with Crippen molar-refractivity contribution in [3.05, 3.63) is 82.4 Å². The quantitative estimate of drug-likeness (QED) is 0.284. The number of benzene rings is 3. The lowest BCUT2D eigenvalue weighted by Crippen LogP contribution is -2.25. The third-order valence-electron chi connectivity index (χ3n) is 5.32. The monoisotopic (exact) mass is 530 g/mol. The number of amides is 2. The van der Waals surface area contributed by atoms with Crippen LogP contribution in [0.1, 0.15) is 39.5 Å². The maximum Gasteiger partial charge on any atom is 0.416 e. The van der Waals surface area contributed by atoms with E-state index in [0.29, 0.717) is 22.6 Å². The van der Waals surface area contributed by atoms with Gasteiger partial charge in [0.05, 0.1) is 17.7 Å². The van der Waals surface area contributed by atoms with E-state index in [-0.39, 0.29) is 35.8 Å². The fourth-order valence-electron chi connectivity index (χ4n) is 3.58. The number of rotatable bonds is 7. The van der Waals surface area contributed by atoms with Gasteiger partial charge in [-0.1, -0.05) is 12.1 Å². The Morgan fingerprint density at radius 2 is 1.66 bits per heavy atom. The first-order valence-electron chi connectivity index (χ1n) is 11.4. The fraction of sp³-hybridized carbons (Fsp3) is 0.222. The van der Waals surface area contributed by atoms with E-state index in [9.17, 15) is 32.7 Å². The van der Waals surface area contributed by atoms with E-state index in [1.165, 1.54) is 30.3 Å². The van der Waals surface area contributed by atoms with Crippen LogP contribution in [0.5, 0.6) is 17.2 Å². The molecule has 38 heavy (non-hydrogen) atoms. The SMILES string of the molecule is CCOC(=O)C(=O)Nc1cc(C)c(Oc2ccc(O)c(C(=O)NCc3cccc(C(F)(F)F)c3)c2)c(C)c1. The summed E-state index contributed by atoms with van der Waals surface area (Å²) in [6, 6.07) is 11.7. The molecule has 0 fully saturated rings. The molecular formula is C27H25F3N2O6. The van der Waals surface area contributed by atoms with Gasteiger partial charge >= 0.3 is 18.1 Å². The average Bonchev–Trinajstić information content (AvgIpc) is 2.85. The van der Waals surface area contributed by atoms with Crippen molar-refractivity contribution in [2.75, 3.05) is 11.9 Å². The molecule has 3 aromatic rings. The molecule has 0 unspecified atom stereocenters. The van der Waals surface area contributed by atoms with Crippen LogP contribution in [0.15, 0.2) is 54.6 Å². The molecule has 0 atom stereocenters. The first-order valence-corrected chi connectivity index (χ1v) is 11.4. The van der Waals surface area contributed by atoms with Gasteiger partial charge in [-0.05, 0) is 79.9 Å². The standard InChI is InChI=1S/C27H25F3N2O6/c1-4-37-26(36)25(35)32-19-10-15(2)23(16(3)11-19)38-20-8-9-22(33)21(13-20)24(34)31-14-17-6-5-7-18(12-17)27(28,29)30/h5-13,33H,4,14H2,1-3H3,(H,31,34)(H,32,35). The van der Waals surface area contributed by atoms with Gasteiger partial charge in [0.15, 0.2) is 0 Å². The van der Waals surface area contributed by atoms with Crippen LogP contribution in [0.2, 0.25) is 0 Å². The van der Waals surface area contributed by atoms with Crippen LogP contribution in [0, 0.1) is 13.8 Å². The van der Waals surface area contributed by atoms with Crippen LogP contribution in [-0.2, 0) is 27.0 Å². The Hall–Kier alpha value is -4.54. The molecule has 0 saturated heterocycles. The molecule has 3 N–H and O–H groups in total. The van der Waals surface area contributed by atoms with Crippen LogP contribution < -0.4 is 15.4 Å². The number of carbonyl (C=O) groups excluding carboxylic acids is 3. The summed E-state index contributed by atoms with van der Waals surface area (Å²) in [5, 5.41) is 15.1. The molecule has 0 aromatic heterocycles. The summed E-state index contributed by atoms with van der Waals surface area (Å²) >= 11 is 0. The lowest BCUT2D eigenvalue weighted by Gasteiger charge is -2.15. The topological polar surface area (TPSA) is 114 Å². The molecule has 0 aliphatic carbocycles. The predicted molar refractivity (Wildman–Crippen MR) is 132 cm³/mol. The maximum atomic E-state index is 12.9. The van der Waals surface area contributed by atoms with E-state index >= 15 is 0 Å². The number of carbonyl (C=O) groups is 3. The normalized spacial score (nSPS) is 11.0. The second-order valence-electron chi connectivity index (χ2n) is 8.28. The molecule has 0 spiro atoms. The first-order chi connectivity index (χ1) is 17.9. The van der Waals surface area contributed by atoms with Crippen molar-refractivity contribution in [1.82, 2.24) is 5.32 Å². The molecule has 8 nitrogen and oxygen atoms in total. The van der Waals surface area contributed by atoms with Crippen molar-refractivity contribution in [3.63, 3.8) is 0 Å². The average molecular weight is 530 g/mol. The summed E-state index contributed by atoms with van der Waals surface area (Å²) in [5.41, 5.74) is 0.829. The Labute approximate surface area is 216 Å². The van der Waals surface area contributed by atoms with E-state index < -0.39 is 29.5 Å². The van der Waals surface area contributed by atoms with Gasteiger partial charge < -0.3 is 25.2 Å². The number of aryl methyl sites for hydroxylation is 2. The zero-order chi connectivity index (χ0) is 28.0. The van der Waals surface area contributed by atoms with Crippen LogP contribution in [-0.4, -0.2) is 29.5 Å². The highest BCUT2D eigenvalue weighted by Gasteiger charge is 2.30. The van der Waals surface area contributed by atoms with Gasteiger partial charge in [-0.2, -0.15) is 13.2 Å². The number of hydrogen-bond acceptors (Lipinski definition) is 6. The number of phenols is 1. The molecule has 0 radical (unpaired) electrons. The van der Waals surface area contributed by atoms with Gasteiger partial charge in [0, 0.05) is 12.2 Å². The van der Waals surface area contributed by atoms with E-state index in [1.807, 2.05) is 0 Å². The summed E-state index contributed by atoms with van der Waals surface area (Å²) < 4.78 is 49.4. The first kappa shape index (κ1) is 28.0. The van der Waals surface area contributed by atoms with Gasteiger partial charge in [0.2, 0.25) is 0 Å². The number of esters is 1. The Morgan fingerprint density at radius 3 is 2.29 bits per heavy atom. The number of halogens is 3. The molecule has 0 heterocycles. The van der Waals surface area contributed by atoms with Gasteiger partial charge in [-0.25, -0.2) is 4.79 Å². The highest BCUT2D eigenvalue weighted by atomic mass is 19.4. The minimum absolute atomic E-state index is 0.0645. The maximum absolute atomic E-state index is 12.9. The van der Waals surface area contributed by atoms with E-state index in [0.717, 1.165) is 12.1 Å². The van der Waals surface area contributed by atoms with Crippen molar-refractivity contribution in [2.24, 2.45) is 0 Å². The number of alkyl halides is 3. The summed E-state index contributed by atoms with van der Waals surface area (Å²) in [7, 11) is 0. The summed E-state index contributed by atoms with van der Waals surface area (Å²) in [4.78, 5) is 36.2. The van der Waals surface area contributed by atoms with Gasteiger partial charge in [-0.3, -0.25) is 9.59 Å². The summed E-state index contributed by atoms with van der Waals surface area (Å²) in [6.07, 6.45) is -4.51. The largest absolute Gasteiger partial charge is 0.507 e. The fourth-order valence-corrected chi connectivity index (χ4v) is 3.58.